The quantitative estimate of drug-likeness (QED) is 0.107. The van der Waals surface area contributed by atoms with Crippen LogP contribution in [0.4, 0.5) is 0 Å². The Morgan fingerprint density at radius 3 is 1.92 bits per heavy atom. The Morgan fingerprint density at radius 1 is 0.796 bits per heavy atom. The van der Waals surface area contributed by atoms with Gasteiger partial charge in [-0.3, -0.25) is 9.36 Å². The van der Waals surface area contributed by atoms with Crippen molar-refractivity contribution in [2.24, 2.45) is 0 Å². The molecule has 1 saturated heterocycles. The average molecular weight is 661 g/mol. The van der Waals surface area contributed by atoms with E-state index in [0.29, 0.717) is 12.0 Å². The minimum absolute atomic E-state index is 0.135. The molecule has 4 aromatic carbocycles. The lowest BCUT2D eigenvalue weighted by atomic mass is 9.80. The molecule has 6 rings (SSSR count). The monoisotopic (exact) mass is 660 g/mol. The van der Waals surface area contributed by atoms with Crippen molar-refractivity contribution >= 4 is 0 Å². The zero-order chi connectivity index (χ0) is 34.4. The van der Waals surface area contributed by atoms with E-state index >= 15 is 0 Å². The Hall–Kier alpha value is -5.22. The highest BCUT2D eigenvalue weighted by atomic mass is 16.6. The maximum Gasteiger partial charge on any atom is 0.335 e. The van der Waals surface area contributed by atoms with Gasteiger partial charge >= 0.3 is 5.69 Å². The van der Waals surface area contributed by atoms with Crippen molar-refractivity contribution in [2.75, 3.05) is 20.8 Å². The molecule has 0 amide bonds. The summed E-state index contributed by atoms with van der Waals surface area (Å²) < 4.78 is 32.8. The largest absolute Gasteiger partial charge is 0.497 e. The van der Waals surface area contributed by atoms with Gasteiger partial charge in [0.2, 0.25) is 0 Å². The van der Waals surface area contributed by atoms with E-state index in [1.165, 1.54) is 4.57 Å². The molecule has 1 aromatic heterocycles. The fourth-order valence-electron chi connectivity index (χ4n) is 6.19. The standard InChI is InChI=1S/C40H40N2O7/c1-28-23-37(41-24-29(2)38(43)42(39(41)44)27-47-25-30-11-7-5-8-12-30)49-36(28)26-48-40(31-13-9-6-10-14-31,32-15-19-34(45-3)20-16-32)33-17-21-35(46-4)22-18-33/h5-22,24,36-37H,1,23,25-27H2,2-4H3/t36-,37-/m1/s1. The van der Waals surface area contributed by atoms with Crippen LogP contribution in [0.2, 0.25) is 0 Å². The molecule has 2 atom stereocenters. The molecular formula is C40H40N2O7. The predicted octanol–water partition coefficient (Wildman–Crippen LogP) is 6.36. The molecule has 0 aliphatic carbocycles. The summed E-state index contributed by atoms with van der Waals surface area (Å²) in [6.45, 7) is 6.20. The van der Waals surface area contributed by atoms with Crippen LogP contribution < -0.4 is 20.7 Å². The number of aryl methyl sites for hydroxylation is 1. The third-order valence-corrected chi connectivity index (χ3v) is 8.85. The molecule has 2 heterocycles. The summed E-state index contributed by atoms with van der Waals surface area (Å²) in [7, 11) is 3.27. The van der Waals surface area contributed by atoms with Gasteiger partial charge in [0.05, 0.1) is 27.4 Å². The number of hydrogen-bond donors (Lipinski definition) is 0. The fourth-order valence-corrected chi connectivity index (χ4v) is 6.19. The molecule has 1 aliphatic rings. The summed E-state index contributed by atoms with van der Waals surface area (Å²) in [5, 5.41) is 0. The smallest absolute Gasteiger partial charge is 0.335 e. The second-order valence-corrected chi connectivity index (χ2v) is 12.0. The molecule has 1 fully saturated rings. The number of rotatable bonds is 13. The molecule has 0 unspecified atom stereocenters. The molecule has 9 nitrogen and oxygen atoms in total. The van der Waals surface area contributed by atoms with Crippen molar-refractivity contribution < 1.29 is 23.7 Å². The first-order valence-corrected chi connectivity index (χ1v) is 16.1. The number of nitrogens with zero attached hydrogens (tertiary/aromatic N) is 2. The number of methoxy groups -OCH3 is 2. The minimum atomic E-state index is -1.04. The molecule has 0 N–H and O–H groups in total. The van der Waals surface area contributed by atoms with Crippen LogP contribution in [0.5, 0.6) is 11.5 Å². The first-order valence-electron chi connectivity index (χ1n) is 16.1. The van der Waals surface area contributed by atoms with Crippen molar-refractivity contribution in [2.45, 2.75) is 44.6 Å². The van der Waals surface area contributed by atoms with E-state index in [0.717, 1.165) is 43.9 Å². The summed E-state index contributed by atoms with van der Waals surface area (Å²) in [5.41, 5.74) is 2.85. The van der Waals surface area contributed by atoms with Gasteiger partial charge in [0.1, 0.15) is 36.2 Å². The van der Waals surface area contributed by atoms with Crippen molar-refractivity contribution in [1.82, 2.24) is 9.13 Å². The molecule has 252 valence electrons. The van der Waals surface area contributed by atoms with Crippen LogP contribution in [0.1, 0.15) is 40.5 Å². The lowest BCUT2D eigenvalue weighted by Gasteiger charge is -2.37. The highest BCUT2D eigenvalue weighted by molar-refractivity contribution is 5.49. The van der Waals surface area contributed by atoms with Gasteiger partial charge in [-0.15, -0.1) is 0 Å². The molecule has 49 heavy (non-hydrogen) atoms. The highest BCUT2D eigenvalue weighted by Crippen LogP contribution is 2.43. The van der Waals surface area contributed by atoms with Gasteiger partial charge in [-0.05, 0) is 59.0 Å². The zero-order valence-electron chi connectivity index (χ0n) is 27.9. The first kappa shape index (κ1) is 33.7. The Labute approximate surface area is 285 Å². The van der Waals surface area contributed by atoms with E-state index in [2.05, 4.69) is 6.58 Å². The SMILES string of the molecule is C=C1C[C@H](n2cc(C)c(=O)n(COCc3ccccc3)c2=O)O[C@@H]1COC(c1ccccc1)(c1ccc(OC)cc1)c1ccc(OC)cc1. The van der Waals surface area contributed by atoms with Gasteiger partial charge in [0, 0.05) is 18.2 Å². The number of aromatic nitrogens is 2. The predicted molar refractivity (Wildman–Crippen MR) is 187 cm³/mol. The average Bonchev–Trinajstić information content (AvgIpc) is 3.52. The van der Waals surface area contributed by atoms with Crippen LogP contribution >= 0.6 is 0 Å². The second-order valence-electron chi connectivity index (χ2n) is 12.0. The number of benzene rings is 4. The van der Waals surface area contributed by atoms with Crippen molar-refractivity contribution in [1.29, 1.82) is 0 Å². The van der Waals surface area contributed by atoms with Crippen LogP contribution in [-0.2, 0) is 33.1 Å². The van der Waals surface area contributed by atoms with Crippen molar-refractivity contribution in [3.05, 3.63) is 176 Å². The van der Waals surface area contributed by atoms with Crippen LogP contribution in [0, 0.1) is 6.92 Å². The lowest BCUT2D eigenvalue weighted by Crippen LogP contribution is -2.42. The topological polar surface area (TPSA) is 90.2 Å². The number of hydrogen-bond acceptors (Lipinski definition) is 7. The van der Waals surface area contributed by atoms with Gasteiger partial charge in [0.25, 0.3) is 5.56 Å². The van der Waals surface area contributed by atoms with Gasteiger partial charge in [-0.2, -0.15) is 0 Å². The Balaban J connectivity index is 1.29. The summed E-state index contributed by atoms with van der Waals surface area (Å²) in [6.07, 6.45) is 0.704. The van der Waals surface area contributed by atoms with Crippen LogP contribution in [-0.4, -0.2) is 36.1 Å². The Bertz CT molecular complexity index is 1940. The minimum Gasteiger partial charge on any atom is -0.497 e. The van der Waals surface area contributed by atoms with Gasteiger partial charge in [0.15, 0.2) is 0 Å². The molecular weight excluding hydrogens is 620 g/mol. The summed E-state index contributed by atoms with van der Waals surface area (Å²) in [4.78, 5) is 26.6. The zero-order valence-corrected chi connectivity index (χ0v) is 27.9. The summed E-state index contributed by atoms with van der Waals surface area (Å²) in [6, 6.07) is 35.2. The maximum atomic E-state index is 13.6. The molecule has 9 heteroatoms. The summed E-state index contributed by atoms with van der Waals surface area (Å²) >= 11 is 0. The normalized spacial score (nSPS) is 16.1. The molecule has 0 spiro atoms. The Kier molecular flexibility index (Phi) is 10.2. The first-order chi connectivity index (χ1) is 23.8. The van der Waals surface area contributed by atoms with E-state index < -0.39 is 29.2 Å². The van der Waals surface area contributed by atoms with E-state index in [1.54, 1.807) is 27.3 Å². The highest BCUT2D eigenvalue weighted by Gasteiger charge is 2.40. The van der Waals surface area contributed by atoms with E-state index in [1.807, 2.05) is 109 Å². The van der Waals surface area contributed by atoms with E-state index in [9.17, 15) is 9.59 Å². The third-order valence-electron chi connectivity index (χ3n) is 8.85. The molecule has 0 saturated carbocycles. The van der Waals surface area contributed by atoms with Gasteiger partial charge in [-0.25, -0.2) is 9.36 Å². The third kappa shape index (κ3) is 7.00. The molecule has 5 aromatic rings. The van der Waals surface area contributed by atoms with E-state index in [-0.39, 0.29) is 19.9 Å². The number of ether oxygens (including phenoxy) is 5. The molecule has 1 aliphatic heterocycles. The molecule has 0 radical (unpaired) electrons. The fraction of sp³-hybridized carbons (Fsp3) is 0.250. The molecule has 0 bridgehead atoms. The van der Waals surface area contributed by atoms with E-state index in [4.69, 9.17) is 23.7 Å². The van der Waals surface area contributed by atoms with Crippen LogP contribution in [0.25, 0.3) is 0 Å². The van der Waals surface area contributed by atoms with Gasteiger partial charge in [-0.1, -0.05) is 91.5 Å². The van der Waals surface area contributed by atoms with Crippen molar-refractivity contribution in [3.8, 4) is 11.5 Å². The summed E-state index contributed by atoms with van der Waals surface area (Å²) in [5.74, 6) is 1.45. The maximum absolute atomic E-state index is 13.6. The van der Waals surface area contributed by atoms with Crippen molar-refractivity contribution in [3.63, 3.8) is 0 Å². The Morgan fingerprint density at radius 2 is 1.35 bits per heavy atom. The van der Waals surface area contributed by atoms with Crippen LogP contribution in [0.15, 0.2) is 137 Å². The van der Waals surface area contributed by atoms with Crippen LogP contribution in [0.3, 0.4) is 0 Å². The lowest BCUT2D eigenvalue weighted by molar-refractivity contribution is -0.0722. The second kappa shape index (κ2) is 14.9. The van der Waals surface area contributed by atoms with Gasteiger partial charge < -0.3 is 23.7 Å².